The number of pyridine rings is 1. The van der Waals surface area contributed by atoms with Crippen molar-refractivity contribution in [3.63, 3.8) is 0 Å². The summed E-state index contributed by atoms with van der Waals surface area (Å²) in [5.41, 5.74) is 2.15. The summed E-state index contributed by atoms with van der Waals surface area (Å²) in [6, 6.07) is 5.51. The Labute approximate surface area is 194 Å². The fraction of sp³-hybridized carbons (Fsp3) is 0.391. The Balaban J connectivity index is 1.83. The largest absolute Gasteiger partial charge is 0.404 e. The minimum Gasteiger partial charge on any atom is -0.335 e. The Morgan fingerprint density at radius 2 is 2.00 bits per heavy atom. The second-order valence-corrected chi connectivity index (χ2v) is 10.1. The van der Waals surface area contributed by atoms with Gasteiger partial charge in [-0.05, 0) is 62.4 Å². The summed E-state index contributed by atoms with van der Waals surface area (Å²) in [5.74, 6) is -0.414. The quantitative estimate of drug-likeness (QED) is 0.476. The van der Waals surface area contributed by atoms with Gasteiger partial charge in [-0.3, -0.25) is 4.98 Å². The predicted molar refractivity (Wildman–Crippen MR) is 118 cm³/mol. The van der Waals surface area contributed by atoms with Crippen molar-refractivity contribution in [2.45, 2.75) is 62.7 Å². The number of halogens is 4. The number of fused-ring (bicyclic) bond motifs is 1. The number of nitriles is 1. The Morgan fingerprint density at radius 3 is 2.50 bits per heavy atom. The molecule has 1 aliphatic rings. The molecule has 34 heavy (non-hydrogen) atoms. The van der Waals surface area contributed by atoms with E-state index in [2.05, 4.69) is 11.1 Å². The molecule has 2 heterocycles. The van der Waals surface area contributed by atoms with Crippen molar-refractivity contribution in [3.05, 3.63) is 47.4 Å². The molecule has 4 rings (SSSR count). The lowest BCUT2D eigenvalue weighted by Gasteiger charge is -2.30. The molecular weight excluding hydrogens is 472 g/mol. The number of aromatic nitrogens is 2. The molecule has 1 atom stereocenters. The van der Waals surface area contributed by atoms with Gasteiger partial charge in [0.05, 0.1) is 22.5 Å². The van der Waals surface area contributed by atoms with E-state index in [1.165, 1.54) is 12.1 Å². The molecule has 2 aromatic heterocycles. The van der Waals surface area contributed by atoms with Crippen molar-refractivity contribution in [1.82, 2.24) is 14.3 Å². The third kappa shape index (κ3) is 4.16. The van der Waals surface area contributed by atoms with Crippen molar-refractivity contribution in [3.8, 4) is 17.5 Å². The first-order chi connectivity index (χ1) is 16.0. The molecule has 1 fully saturated rings. The van der Waals surface area contributed by atoms with Crippen LogP contribution in [0.4, 0.5) is 17.6 Å². The van der Waals surface area contributed by atoms with Crippen molar-refractivity contribution >= 4 is 20.9 Å². The first-order valence-electron chi connectivity index (χ1n) is 10.8. The van der Waals surface area contributed by atoms with Crippen LogP contribution < -0.4 is 4.72 Å². The summed E-state index contributed by atoms with van der Waals surface area (Å²) in [7, 11) is -4.47. The monoisotopic (exact) mass is 494 g/mol. The summed E-state index contributed by atoms with van der Waals surface area (Å²) >= 11 is 0. The normalized spacial score (nSPS) is 15.8. The zero-order valence-electron chi connectivity index (χ0n) is 18.4. The third-order valence-electron chi connectivity index (χ3n) is 6.22. The van der Waals surface area contributed by atoms with Crippen LogP contribution in [-0.2, 0) is 16.4 Å². The smallest absolute Gasteiger partial charge is 0.335 e. The molecule has 0 amide bonds. The number of sulfonamides is 1. The van der Waals surface area contributed by atoms with E-state index in [0.717, 1.165) is 31.5 Å². The third-order valence-corrected chi connectivity index (χ3v) is 7.74. The van der Waals surface area contributed by atoms with Crippen molar-refractivity contribution in [1.29, 1.82) is 5.26 Å². The predicted octanol–water partition coefficient (Wildman–Crippen LogP) is 5.23. The minimum absolute atomic E-state index is 0.0780. The zero-order valence-corrected chi connectivity index (χ0v) is 19.3. The minimum atomic E-state index is -4.74. The summed E-state index contributed by atoms with van der Waals surface area (Å²) < 4.78 is 81.3. The number of hydrogen-bond donors (Lipinski definition) is 1. The summed E-state index contributed by atoms with van der Waals surface area (Å²) in [6.45, 7) is 2.54. The van der Waals surface area contributed by atoms with Crippen LogP contribution in [0.2, 0.25) is 0 Å². The second kappa shape index (κ2) is 8.67. The fourth-order valence-electron chi connectivity index (χ4n) is 4.08. The highest BCUT2D eigenvalue weighted by Crippen LogP contribution is 2.42. The van der Waals surface area contributed by atoms with Gasteiger partial charge in [0.15, 0.2) is 0 Å². The number of aryl methyl sites for hydroxylation is 1. The molecule has 3 aromatic rings. The number of nitrogens with zero attached hydrogens (tertiary/aromatic N) is 3. The van der Waals surface area contributed by atoms with Gasteiger partial charge in [-0.1, -0.05) is 6.92 Å². The van der Waals surface area contributed by atoms with Crippen LogP contribution in [0.25, 0.3) is 22.3 Å². The Hall–Kier alpha value is -2.97. The van der Waals surface area contributed by atoms with E-state index in [9.17, 15) is 31.2 Å². The van der Waals surface area contributed by atoms with Gasteiger partial charge in [0.1, 0.15) is 22.8 Å². The highest BCUT2D eigenvalue weighted by atomic mass is 32.2. The maximum absolute atomic E-state index is 14.6. The molecular formula is C23H22F4N4O2S. The SMILES string of the molecule is CCc1cc2c(cc1F)c(C#N)c(-c1ccc(S(=O)(=O)N[C@@H](C)C(F)(F)F)cn1)n2C1CCC1. The van der Waals surface area contributed by atoms with Gasteiger partial charge in [-0.25, -0.2) is 12.8 Å². The lowest BCUT2D eigenvalue weighted by Crippen LogP contribution is -2.42. The standard InChI is InChI=1S/C23H22F4N4O2S/c1-3-14-9-21-17(10-19(14)24)18(11-28)22(31(21)15-5-4-6-15)20-8-7-16(12-29-20)34(32,33)30-13(2)23(25,26)27/h7-10,12-13,15,30H,3-6H2,1-2H3/t13-/m0/s1. The van der Waals surface area contributed by atoms with Crippen molar-refractivity contribution < 1.29 is 26.0 Å². The van der Waals surface area contributed by atoms with Crippen LogP contribution in [0.15, 0.2) is 35.4 Å². The molecule has 0 bridgehead atoms. The highest BCUT2D eigenvalue weighted by Gasteiger charge is 2.39. The Bertz CT molecular complexity index is 1390. The topological polar surface area (TPSA) is 87.8 Å². The van der Waals surface area contributed by atoms with E-state index in [1.54, 1.807) is 10.8 Å². The van der Waals surface area contributed by atoms with Gasteiger partial charge >= 0.3 is 6.18 Å². The molecule has 1 aliphatic carbocycles. The lowest BCUT2D eigenvalue weighted by atomic mass is 9.92. The summed E-state index contributed by atoms with van der Waals surface area (Å²) in [4.78, 5) is 3.76. The average molecular weight is 495 g/mol. The number of benzene rings is 1. The molecule has 1 N–H and O–H groups in total. The van der Waals surface area contributed by atoms with E-state index in [1.807, 2.05) is 11.5 Å². The van der Waals surface area contributed by atoms with Crippen LogP contribution in [0.1, 0.15) is 50.3 Å². The van der Waals surface area contributed by atoms with Gasteiger partial charge in [-0.2, -0.15) is 23.2 Å². The van der Waals surface area contributed by atoms with Gasteiger partial charge in [0.25, 0.3) is 0 Å². The molecule has 1 saturated carbocycles. The number of nitrogens with one attached hydrogen (secondary N) is 1. The highest BCUT2D eigenvalue weighted by molar-refractivity contribution is 7.89. The lowest BCUT2D eigenvalue weighted by molar-refractivity contribution is -0.147. The van der Waals surface area contributed by atoms with Gasteiger partial charge in [0.2, 0.25) is 10.0 Å². The number of alkyl halides is 3. The molecule has 1 aromatic carbocycles. The van der Waals surface area contributed by atoms with E-state index in [0.29, 0.717) is 35.5 Å². The van der Waals surface area contributed by atoms with E-state index in [4.69, 9.17) is 0 Å². The summed E-state index contributed by atoms with van der Waals surface area (Å²) in [5, 5.41) is 10.4. The van der Waals surface area contributed by atoms with Gasteiger partial charge < -0.3 is 4.57 Å². The average Bonchev–Trinajstić information content (AvgIpc) is 3.03. The van der Waals surface area contributed by atoms with E-state index in [-0.39, 0.29) is 17.3 Å². The zero-order chi connectivity index (χ0) is 24.8. The molecule has 11 heteroatoms. The Morgan fingerprint density at radius 1 is 1.29 bits per heavy atom. The maximum atomic E-state index is 14.6. The second-order valence-electron chi connectivity index (χ2n) is 8.37. The van der Waals surface area contributed by atoms with Crippen molar-refractivity contribution in [2.75, 3.05) is 0 Å². The maximum Gasteiger partial charge on any atom is 0.404 e. The molecule has 0 aliphatic heterocycles. The van der Waals surface area contributed by atoms with Crippen LogP contribution >= 0.6 is 0 Å². The molecule has 0 unspecified atom stereocenters. The molecule has 0 saturated heterocycles. The molecule has 0 radical (unpaired) electrons. The number of hydrogen-bond acceptors (Lipinski definition) is 4. The van der Waals surface area contributed by atoms with Crippen LogP contribution in [-0.4, -0.2) is 30.2 Å². The van der Waals surface area contributed by atoms with Gasteiger partial charge in [0, 0.05) is 17.6 Å². The molecule has 6 nitrogen and oxygen atoms in total. The first-order valence-corrected chi connectivity index (χ1v) is 12.3. The van der Waals surface area contributed by atoms with Gasteiger partial charge in [-0.15, -0.1) is 0 Å². The van der Waals surface area contributed by atoms with Crippen LogP contribution in [0.3, 0.4) is 0 Å². The Kier molecular flexibility index (Phi) is 6.16. The van der Waals surface area contributed by atoms with Crippen LogP contribution in [0.5, 0.6) is 0 Å². The fourth-order valence-corrected chi connectivity index (χ4v) is 5.25. The van der Waals surface area contributed by atoms with Crippen LogP contribution in [0, 0.1) is 17.1 Å². The van der Waals surface area contributed by atoms with E-state index >= 15 is 0 Å². The summed E-state index contributed by atoms with van der Waals surface area (Å²) in [6.07, 6.45) is -0.566. The molecule has 0 spiro atoms. The number of rotatable bonds is 6. The van der Waals surface area contributed by atoms with Crippen molar-refractivity contribution in [2.24, 2.45) is 0 Å². The molecule has 180 valence electrons. The first kappa shape index (κ1) is 24.2. The van der Waals surface area contributed by atoms with E-state index < -0.39 is 33.0 Å².